The fourth-order valence-electron chi connectivity index (χ4n) is 3.38. The minimum absolute atomic E-state index is 0.614. The van der Waals surface area contributed by atoms with Crippen molar-refractivity contribution in [1.29, 1.82) is 0 Å². The van der Waals surface area contributed by atoms with Crippen LogP contribution in [0.25, 0.3) is 0 Å². The van der Waals surface area contributed by atoms with Crippen molar-refractivity contribution in [2.45, 2.75) is 26.1 Å². The molecule has 0 radical (unpaired) electrons. The Labute approximate surface area is 149 Å². The molecule has 25 heavy (non-hydrogen) atoms. The molecule has 2 heteroatoms. The van der Waals surface area contributed by atoms with Crippen LogP contribution in [-0.4, -0.2) is 11.4 Å². The van der Waals surface area contributed by atoms with Crippen molar-refractivity contribution in [3.8, 4) is 5.75 Å². The summed E-state index contributed by atoms with van der Waals surface area (Å²) in [7, 11) is 0. The molecule has 126 valence electrons. The predicted molar refractivity (Wildman–Crippen MR) is 101 cm³/mol. The molecular weight excluding hydrogens is 306 g/mol. The van der Waals surface area contributed by atoms with E-state index in [9.17, 15) is 0 Å². The Hall–Kier alpha value is -2.58. The van der Waals surface area contributed by atoms with Crippen LogP contribution in [0.15, 0.2) is 78.9 Å². The fourth-order valence-corrected chi connectivity index (χ4v) is 3.38. The van der Waals surface area contributed by atoms with E-state index < -0.39 is 0 Å². The van der Waals surface area contributed by atoms with Crippen molar-refractivity contribution in [2.75, 3.05) is 6.54 Å². The third kappa shape index (κ3) is 4.09. The maximum absolute atomic E-state index is 5.87. The van der Waals surface area contributed by atoms with Crippen LogP contribution in [0.4, 0.5) is 0 Å². The van der Waals surface area contributed by atoms with Crippen molar-refractivity contribution in [3.63, 3.8) is 0 Å². The van der Waals surface area contributed by atoms with Gasteiger partial charge in [0.1, 0.15) is 12.4 Å². The Morgan fingerprint density at radius 3 is 2.24 bits per heavy atom. The summed E-state index contributed by atoms with van der Waals surface area (Å²) in [6.45, 7) is 3.78. The molecule has 0 saturated carbocycles. The maximum atomic E-state index is 5.87. The highest BCUT2D eigenvalue weighted by atomic mass is 16.5. The number of fused-ring (bicyclic) bond motifs is 1. The molecule has 3 aromatic rings. The van der Waals surface area contributed by atoms with Crippen molar-refractivity contribution in [1.82, 2.24) is 4.90 Å². The second-order valence-corrected chi connectivity index (χ2v) is 6.65. The average molecular weight is 329 g/mol. The second-order valence-electron chi connectivity index (χ2n) is 6.65. The standard InChI is InChI=1S/C23H23NO/c1-2-6-20(7-3-1)18-25-23-12-10-19(11-13-23)16-24-15-14-21-8-4-5-9-22(21)17-24/h1-13H,14-18H2. The van der Waals surface area contributed by atoms with Crippen LogP contribution in [0.2, 0.25) is 0 Å². The van der Waals surface area contributed by atoms with Crippen molar-refractivity contribution < 1.29 is 4.74 Å². The van der Waals surface area contributed by atoms with Gasteiger partial charge in [-0.1, -0.05) is 66.7 Å². The van der Waals surface area contributed by atoms with Crippen molar-refractivity contribution >= 4 is 0 Å². The molecule has 1 aliphatic heterocycles. The summed E-state index contributed by atoms with van der Waals surface area (Å²) in [6, 6.07) is 27.6. The van der Waals surface area contributed by atoms with Crippen LogP contribution in [0.5, 0.6) is 5.75 Å². The van der Waals surface area contributed by atoms with Crippen LogP contribution in [0, 0.1) is 0 Å². The lowest BCUT2D eigenvalue weighted by Gasteiger charge is -2.28. The van der Waals surface area contributed by atoms with Crippen LogP contribution < -0.4 is 4.74 Å². The molecule has 0 aromatic heterocycles. The first-order chi connectivity index (χ1) is 12.4. The highest BCUT2D eigenvalue weighted by Gasteiger charge is 2.15. The molecule has 2 nitrogen and oxygen atoms in total. The Balaban J connectivity index is 1.33. The van der Waals surface area contributed by atoms with E-state index in [0.29, 0.717) is 6.61 Å². The zero-order valence-corrected chi connectivity index (χ0v) is 14.4. The van der Waals surface area contributed by atoms with E-state index in [-0.39, 0.29) is 0 Å². The zero-order chi connectivity index (χ0) is 16.9. The van der Waals surface area contributed by atoms with Gasteiger partial charge in [-0.05, 0) is 40.8 Å². The van der Waals surface area contributed by atoms with Gasteiger partial charge < -0.3 is 4.74 Å². The molecule has 0 unspecified atom stereocenters. The van der Waals surface area contributed by atoms with Gasteiger partial charge in [-0.25, -0.2) is 0 Å². The topological polar surface area (TPSA) is 12.5 Å². The number of nitrogens with zero attached hydrogens (tertiary/aromatic N) is 1. The SMILES string of the molecule is c1ccc(COc2ccc(CN3CCc4ccccc4C3)cc2)cc1. The van der Waals surface area contributed by atoms with E-state index in [1.165, 1.54) is 22.3 Å². The van der Waals surface area contributed by atoms with Gasteiger partial charge in [0, 0.05) is 19.6 Å². The van der Waals surface area contributed by atoms with Gasteiger partial charge in [0.15, 0.2) is 0 Å². The molecule has 0 spiro atoms. The van der Waals surface area contributed by atoms with Gasteiger partial charge in [-0.2, -0.15) is 0 Å². The summed E-state index contributed by atoms with van der Waals surface area (Å²) >= 11 is 0. The predicted octanol–water partition coefficient (Wildman–Crippen LogP) is 4.82. The smallest absolute Gasteiger partial charge is 0.119 e. The first kappa shape index (κ1) is 15.9. The lowest BCUT2D eigenvalue weighted by atomic mass is 9.99. The second kappa shape index (κ2) is 7.54. The molecule has 3 aromatic carbocycles. The van der Waals surface area contributed by atoms with Gasteiger partial charge in [-0.3, -0.25) is 4.90 Å². The average Bonchev–Trinajstić information content (AvgIpc) is 2.68. The molecule has 0 bridgehead atoms. The zero-order valence-electron chi connectivity index (χ0n) is 14.4. The fraction of sp³-hybridized carbons (Fsp3) is 0.217. The van der Waals surface area contributed by atoms with Crippen LogP contribution in [0.1, 0.15) is 22.3 Å². The number of rotatable bonds is 5. The van der Waals surface area contributed by atoms with Gasteiger partial charge in [0.2, 0.25) is 0 Å². The Kier molecular flexibility index (Phi) is 4.80. The highest BCUT2D eigenvalue weighted by Crippen LogP contribution is 2.21. The van der Waals surface area contributed by atoms with E-state index in [2.05, 4.69) is 65.6 Å². The van der Waals surface area contributed by atoms with Gasteiger partial charge >= 0.3 is 0 Å². The number of ether oxygens (including phenoxy) is 1. The molecule has 0 amide bonds. The highest BCUT2D eigenvalue weighted by molar-refractivity contribution is 5.30. The van der Waals surface area contributed by atoms with E-state index in [0.717, 1.165) is 31.8 Å². The van der Waals surface area contributed by atoms with Crippen molar-refractivity contribution in [2.24, 2.45) is 0 Å². The summed E-state index contributed by atoms with van der Waals surface area (Å²) in [6.07, 6.45) is 1.15. The first-order valence-electron chi connectivity index (χ1n) is 8.92. The maximum Gasteiger partial charge on any atom is 0.119 e. The molecule has 0 N–H and O–H groups in total. The van der Waals surface area contributed by atoms with Gasteiger partial charge in [0.25, 0.3) is 0 Å². The van der Waals surface area contributed by atoms with Crippen LogP contribution in [-0.2, 0) is 26.1 Å². The summed E-state index contributed by atoms with van der Waals surface area (Å²) < 4.78 is 5.87. The number of hydrogen-bond donors (Lipinski definition) is 0. The quantitative estimate of drug-likeness (QED) is 0.665. The summed E-state index contributed by atoms with van der Waals surface area (Å²) in [5.74, 6) is 0.927. The summed E-state index contributed by atoms with van der Waals surface area (Å²) in [5.41, 5.74) is 5.50. The van der Waals surface area contributed by atoms with E-state index in [4.69, 9.17) is 4.74 Å². The molecule has 1 aliphatic rings. The molecule has 1 heterocycles. The van der Waals surface area contributed by atoms with Gasteiger partial charge in [-0.15, -0.1) is 0 Å². The normalized spacial score (nSPS) is 14.1. The molecular formula is C23H23NO. The summed E-state index contributed by atoms with van der Waals surface area (Å²) in [4.78, 5) is 2.52. The lowest BCUT2D eigenvalue weighted by molar-refractivity contribution is 0.245. The Bertz CT molecular complexity index is 811. The van der Waals surface area contributed by atoms with E-state index >= 15 is 0 Å². The number of benzene rings is 3. The molecule has 0 saturated heterocycles. The third-order valence-corrected chi connectivity index (χ3v) is 4.79. The largest absolute Gasteiger partial charge is 0.489 e. The Morgan fingerprint density at radius 1 is 0.720 bits per heavy atom. The Morgan fingerprint density at radius 2 is 1.44 bits per heavy atom. The minimum atomic E-state index is 0.614. The molecule has 4 rings (SSSR count). The van der Waals surface area contributed by atoms with Crippen LogP contribution >= 0.6 is 0 Å². The molecule has 0 fully saturated rings. The minimum Gasteiger partial charge on any atom is -0.489 e. The molecule has 0 aliphatic carbocycles. The number of hydrogen-bond acceptors (Lipinski definition) is 2. The summed E-state index contributed by atoms with van der Waals surface area (Å²) in [5, 5.41) is 0. The molecule has 0 atom stereocenters. The lowest BCUT2D eigenvalue weighted by Crippen LogP contribution is -2.29. The third-order valence-electron chi connectivity index (χ3n) is 4.79. The van der Waals surface area contributed by atoms with Crippen molar-refractivity contribution in [3.05, 3.63) is 101 Å². The van der Waals surface area contributed by atoms with Gasteiger partial charge in [0.05, 0.1) is 0 Å². The van der Waals surface area contributed by atoms with E-state index in [1.807, 2.05) is 18.2 Å². The first-order valence-corrected chi connectivity index (χ1v) is 8.92. The van der Waals surface area contributed by atoms with Crippen LogP contribution in [0.3, 0.4) is 0 Å². The van der Waals surface area contributed by atoms with E-state index in [1.54, 1.807) is 0 Å². The monoisotopic (exact) mass is 329 g/mol.